The summed E-state index contributed by atoms with van der Waals surface area (Å²) in [4.78, 5) is 13.9. The standard InChI is InChI=1S/C4H3ClN2O/c5-7-2-1-6-3-4(7)8/h1-3H. The van der Waals surface area contributed by atoms with Gasteiger partial charge in [0.1, 0.15) is 0 Å². The molecule has 0 spiro atoms. The molecular formula is C4H3ClN2O. The quantitative estimate of drug-likeness (QED) is 0.505. The first-order valence-corrected chi connectivity index (χ1v) is 2.33. The Bertz CT molecular complexity index is 231. The fourth-order valence-electron chi connectivity index (χ4n) is 0.332. The van der Waals surface area contributed by atoms with Gasteiger partial charge in [0.2, 0.25) is 0 Å². The summed E-state index contributed by atoms with van der Waals surface area (Å²) in [5, 5.41) is 0. The average Bonchev–Trinajstić information content (AvgIpc) is 1.77. The highest BCUT2D eigenvalue weighted by molar-refractivity contribution is 6.15. The molecule has 42 valence electrons. The van der Waals surface area contributed by atoms with Crippen LogP contribution in [0.15, 0.2) is 23.4 Å². The molecule has 0 amide bonds. The van der Waals surface area contributed by atoms with Crippen molar-refractivity contribution in [2.45, 2.75) is 0 Å². The van der Waals surface area contributed by atoms with E-state index in [0.717, 1.165) is 10.3 Å². The van der Waals surface area contributed by atoms with Crippen molar-refractivity contribution in [3.05, 3.63) is 28.9 Å². The average molecular weight is 131 g/mol. The maximum Gasteiger partial charge on any atom is 0.283 e. The van der Waals surface area contributed by atoms with Gasteiger partial charge in [-0.25, -0.2) is 4.09 Å². The highest BCUT2D eigenvalue weighted by atomic mass is 35.5. The predicted octanol–water partition coefficient (Wildman–Crippen LogP) is 0.245. The van der Waals surface area contributed by atoms with Gasteiger partial charge >= 0.3 is 0 Å². The van der Waals surface area contributed by atoms with E-state index in [1.807, 2.05) is 0 Å². The van der Waals surface area contributed by atoms with Gasteiger partial charge in [0.15, 0.2) is 0 Å². The van der Waals surface area contributed by atoms with Crippen LogP contribution in [-0.2, 0) is 0 Å². The summed E-state index contributed by atoms with van der Waals surface area (Å²) in [6.45, 7) is 0. The Balaban J connectivity index is 3.35. The van der Waals surface area contributed by atoms with Crippen LogP contribution in [0.3, 0.4) is 0 Å². The van der Waals surface area contributed by atoms with Crippen molar-refractivity contribution in [2.24, 2.45) is 0 Å². The zero-order valence-corrected chi connectivity index (χ0v) is 4.67. The Hall–Kier alpha value is -0.830. The molecule has 1 aromatic rings. The number of rotatable bonds is 0. The smallest absolute Gasteiger partial charge is 0.266 e. The second-order valence-electron chi connectivity index (χ2n) is 1.23. The van der Waals surface area contributed by atoms with Crippen molar-refractivity contribution in [2.75, 3.05) is 0 Å². The van der Waals surface area contributed by atoms with E-state index in [9.17, 15) is 4.79 Å². The Morgan fingerprint density at radius 3 is 2.88 bits per heavy atom. The third-order valence-electron chi connectivity index (χ3n) is 0.679. The van der Waals surface area contributed by atoms with E-state index in [-0.39, 0.29) is 5.56 Å². The second kappa shape index (κ2) is 1.96. The van der Waals surface area contributed by atoms with Crippen molar-refractivity contribution in [1.82, 2.24) is 9.07 Å². The molecule has 0 radical (unpaired) electrons. The van der Waals surface area contributed by atoms with E-state index in [2.05, 4.69) is 4.98 Å². The summed E-state index contributed by atoms with van der Waals surface area (Å²) >= 11 is 5.27. The van der Waals surface area contributed by atoms with Gasteiger partial charge < -0.3 is 0 Å². The van der Waals surface area contributed by atoms with Gasteiger partial charge in [0, 0.05) is 24.2 Å². The van der Waals surface area contributed by atoms with Gasteiger partial charge in [0.25, 0.3) is 5.56 Å². The minimum Gasteiger partial charge on any atom is -0.266 e. The molecule has 1 rings (SSSR count). The molecule has 0 aliphatic rings. The van der Waals surface area contributed by atoms with Crippen LogP contribution in [0.5, 0.6) is 0 Å². The second-order valence-corrected chi connectivity index (χ2v) is 1.59. The molecule has 0 aromatic carbocycles. The van der Waals surface area contributed by atoms with Crippen molar-refractivity contribution in [3.63, 3.8) is 0 Å². The number of nitrogens with zero attached hydrogens (tertiary/aromatic N) is 2. The molecule has 0 bridgehead atoms. The van der Waals surface area contributed by atoms with E-state index in [1.165, 1.54) is 12.4 Å². The molecule has 3 nitrogen and oxygen atoms in total. The molecule has 4 heteroatoms. The lowest BCUT2D eigenvalue weighted by atomic mass is 10.8. The summed E-state index contributed by atoms with van der Waals surface area (Å²) in [6, 6.07) is 0. The highest BCUT2D eigenvalue weighted by Crippen LogP contribution is 1.76. The largest absolute Gasteiger partial charge is 0.283 e. The first-order valence-electron chi connectivity index (χ1n) is 1.99. The minimum atomic E-state index is -0.311. The lowest BCUT2D eigenvalue weighted by Crippen LogP contribution is -2.09. The lowest BCUT2D eigenvalue weighted by Gasteiger charge is -1.84. The first-order chi connectivity index (χ1) is 3.80. The fraction of sp³-hybridized carbons (Fsp3) is 0. The normalized spacial score (nSPS) is 9.12. The number of aromatic nitrogens is 2. The van der Waals surface area contributed by atoms with E-state index in [0.29, 0.717) is 0 Å². The Morgan fingerprint density at radius 1 is 1.75 bits per heavy atom. The summed E-state index contributed by atoms with van der Waals surface area (Å²) in [5.74, 6) is 0. The van der Waals surface area contributed by atoms with Gasteiger partial charge in [-0.3, -0.25) is 9.78 Å². The minimum absolute atomic E-state index is 0.311. The van der Waals surface area contributed by atoms with E-state index >= 15 is 0 Å². The van der Waals surface area contributed by atoms with Crippen LogP contribution in [0.25, 0.3) is 0 Å². The maximum absolute atomic E-state index is 10.4. The molecule has 0 saturated carbocycles. The summed E-state index contributed by atoms with van der Waals surface area (Å²) in [5.41, 5.74) is -0.311. The van der Waals surface area contributed by atoms with Crippen LogP contribution >= 0.6 is 11.8 Å². The molecular weight excluding hydrogens is 128 g/mol. The van der Waals surface area contributed by atoms with Gasteiger partial charge in [-0.05, 0) is 0 Å². The van der Waals surface area contributed by atoms with Crippen LogP contribution in [0, 0.1) is 0 Å². The van der Waals surface area contributed by atoms with E-state index < -0.39 is 0 Å². The van der Waals surface area contributed by atoms with Crippen molar-refractivity contribution in [3.8, 4) is 0 Å². The van der Waals surface area contributed by atoms with Crippen molar-refractivity contribution < 1.29 is 0 Å². The van der Waals surface area contributed by atoms with Crippen LogP contribution in [0.2, 0.25) is 0 Å². The summed E-state index contributed by atoms with van der Waals surface area (Å²) < 4.78 is 0.938. The maximum atomic E-state index is 10.4. The Kier molecular flexibility index (Phi) is 1.30. The molecule has 0 saturated heterocycles. The van der Waals surface area contributed by atoms with Crippen LogP contribution < -0.4 is 5.56 Å². The molecule has 0 unspecified atom stereocenters. The zero-order valence-electron chi connectivity index (χ0n) is 3.91. The zero-order chi connectivity index (χ0) is 5.98. The van der Waals surface area contributed by atoms with Gasteiger partial charge in [0.05, 0.1) is 6.20 Å². The number of hydrogen-bond donors (Lipinski definition) is 0. The summed E-state index contributed by atoms with van der Waals surface area (Å²) in [7, 11) is 0. The molecule has 0 fully saturated rings. The first kappa shape index (κ1) is 5.31. The van der Waals surface area contributed by atoms with Gasteiger partial charge in [-0.1, -0.05) is 0 Å². The molecule has 1 heterocycles. The summed E-state index contributed by atoms with van der Waals surface area (Å²) in [6.07, 6.45) is 3.96. The van der Waals surface area contributed by atoms with Crippen LogP contribution in [-0.4, -0.2) is 9.07 Å². The van der Waals surface area contributed by atoms with Gasteiger partial charge in [-0.2, -0.15) is 0 Å². The van der Waals surface area contributed by atoms with E-state index in [1.54, 1.807) is 0 Å². The van der Waals surface area contributed by atoms with Crippen LogP contribution in [0.1, 0.15) is 0 Å². The molecule has 0 aliphatic heterocycles. The van der Waals surface area contributed by atoms with Crippen molar-refractivity contribution >= 4 is 11.8 Å². The molecule has 0 aliphatic carbocycles. The Morgan fingerprint density at radius 2 is 2.50 bits per heavy atom. The highest BCUT2D eigenvalue weighted by Gasteiger charge is 1.83. The number of halogens is 1. The van der Waals surface area contributed by atoms with Gasteiger partial charge in [-0.15, -0.1) is 0 Å². The molecule has 8 heavy (non-hydrogen) atoms. The topological polar surface area (TPSA) is 34.9 Å². The fourth-order valence-corrected chi connectivity index (χ4v) is 0.426. The van der Waals surface area contributed by atoms with Crippen LogP contribution in [0.4, 0.5) is 0 Å². The lowest BCUT2D eigenvalue weighted by molar-refractivity contribution is 1.06. The predicted molar refractivity (Wildman–Crippen MR) is 29.7 cm³/mol. The Labute approximate surface area is 50.7 Å². The number of hydrogen-bond acceptors (Lipinski definition) is 2. The molecule has 0 atom stereocenters. The van der Waals surface area contributed by atoms with Crippen molar-refractivity contribution in [1.29, 1.82) is 0 Å². The third kappa shape index (κ3) is 0.869. The molecule has 1 aromatic heterocycles. The molecule has 0 N–H and O–H groups in total. The van der Waals surface area contributed by atoms with E-state index in [4.69, 9.17) is 11.8 Å². The third-order valence-corrected chi connectivity index (χ3v) is 0.958. The SMILES string of the molecule is O=c1cnccn1Cl. The monoisotopic (exact) mass is 130 g/mol.